The van der Waals surface area contributed by atoms with Crippen molar-refractivity contribution in [2.24, 2.45) is 0 Å². The van der Waals surface area contributed by atoms with Gasteiger partial charge in [-0.3, -0.25) is 0 Å². The van der Waals surface area contributed by atoms with Crippen LogP contribution >= 0.6 is 15.9 Å². The number of fused-ring (bicyclic) bond motifs is 1. The smallest absolute Gasteiger partial charge is 0.336 e. The highest BCUT2D eigenvalue weighted by atomic mass is 79.9. The standard InChI is InChI=1S/C10H6BrNO2/c11-9-7-2-1-3-8(10(13)14)6(7)4-5-12-9/h1-5H,(H,13,14). The number of hydrogen-bond acceptors (Lipinski definition) is 2. The summed E-state index contributed by atoms with van der Waals surface area (Å²) in [5.74, 6) is -0.923. The summed E-state index contributed by atoms with van der Waals surface area (Å²) in [4.78, 5) is 14.9. The minimum atomic E-state index is -0.923. The first-order chi connectivity index (χ1) is 6.70. The third-order valence-electron chi connectivity index (χ3n) is 1.99. The number of aromatic carboxylic acids is 1. The van der Waals surface area contributed by atoms with Gasteiger partial charge in [0.2, 0.25) is 0 Å². The molecule has 14 heavy (non-hydrogen) atoms. The maximum absolute atomic E-state index is 10.9. The van der Waals surface area contributed by atoms with E-state index in [9.17, 15) is 4.79 Å². The highest BCUT2D eigenvalue weighted by molar-refractivity contribution is 9.10. The van der Waals surface area contributed by atoms with Gasteiger partial charge in [-0.25, -0.2) is 9.78 Å². The van der Waals surface area contributed by atoms with Gasteiger partial charge in [-0.2, -0.15) is 0 Å². The van der Waals surface area contributed by atoms with Crippen LogP contribution in [0, 0.1) is 0 Å². The van der Waals surface area contributed by atoms with Crippen LogP contribution in [0.5, 0.6) is 0 Å². The Morgan fingerprint density at radius 3 is 2.79 bits per heavy atom. The van der Waals surface area contributed by atoms with E-state index in [-0.39, 0.29) is 0 Å². The lowest BCUT2D eigenvalue weighted by Crippen LogP contribution is -1.97. The van der Waals surface area contributed by atoms with E-state index in [0.717, 1.165) is 5.39 Å². The van der Waals surface area contributed by atoms with Crippen LogP contribution in [0.2, 0.25) is 0 Å². The summed E-state index contributed by atoms with van der Waals surface area (Å²) in [7, 11) is 0. The van der Waals surface area contributed by atoms with Crippen LogP contribution in [0.1, 0.15) is 10.4 Å². The van der Waals surface area contributed by atoms with Crippen LogP contribution < -0.4 is 0 Å². The van der Waals surface area contributed by atoms with Crippen molar-refractivity contribution in [3.8, 4) is 0 Å². The van der Waals surface area contributed by atoms with Crippen LogP contribution in [0.3, 0.4) is 0 Å². The van der Waals surface area contributed by atoms with Gasteiger partial charge >= 0.3 is 5.97 Å². The lowest BCUT2D eigenvalue weighted by Gasteiger charge is -2.02. The van der Waals surface area contributed by atoms with E-state index in [1.165, 1.54) is 0 Å². The number of rotatable bonds is 1. The molecule has 1 heterocycles. The molecule has 0 atom stereocenters. The Kier molecular flexibility index (Phi) is 2.21. The number of halogens is 1. The van der Waals surface area contributed by atoms with Crippen LogP contribution in [0.25, 0.3) is 10.8 Å². The largest absolute Gasteiger partial charge is 0.478 e. The first-order valence-electron chi connectivity index (χ1n) is 3.96. The summed E-state index contributed by atoms with van der Waals surface area (Å²) in [6.07, 6.45) is 1.58. The molecule has 70 valence electrons. The van der Waals surface area contributed by atoms with Crippen molar-refractivity contribution in [3.63, 3.8) is 0 Å². The van der Waals surface area contributed by atoms with Crippen molar-refractivity contribution in [1.82, 2.24) is 4.98 Å². The van der Waals surface area contributed by atoms with Crippen LogP contribution in [-0.4, -0.2) is 16.1 Å². The predicted octanol–water partition coefficient (Wildman–Crippen LogP) is 2.70. The van der Waals surface area contributed by atoms with Gasteiger partial charge in [0.1, 0.15) is 4.60 Å². The molecule has 0 radical (unpaired) electrons. The number of aromatic nitrogens is 1. The molecule has 0 aliphatic carbocycles. The molecule has 0 amide bonds. The topological polar surface area (TPSA) is 50.2 Å². The Hall–Kier alpha value is -1.42. The summed E-state index contributed by atoms with van der Waals surface area (Å²) in [5.41, 5.74) is 0.297. The van der Waals surface area contributed by atoms with Gasteiger partial charge in [-0.1, -0.05) is 12.1 Å². The number of hydrogen-bond donors (Lipinski definition) is 1. The Morgan fingerprint density at radius 2 is 2.07 bits per heavy atom. The number of carbonyl (C=O) groups is 1. The number of carboxylic acids is 1. The first kappa shape index (κ1) is 9.15. The van der Waals surface area contributed by atoms with Crippen molar-refractivity contribution in [1.29, 1.82) is 0 Å². The molecule has 0 spiro atoms. The molecule has 1 aromatic heterocycles. The highest BCUT2D eigenvalue weighted by Gasteiger charge is 2.08. The monoisotopic (exact) mass is 251 g/mol. The quantitative estimate of drug-likeness (QED) is 0.794. The van der Waals surface area contributed by atoms with Crippen LogP contribution in [-0.2, 0) is 0 Å². The molecule has 4 heteroatoms. The number of carboxylic acid groups (broad SMARTS) is 1. The summed E-state index contributed by atoms with van der Waals surface area (Å²) >= 11 is 3.28. The Labute approximate surface area is 88.5 Å². The van der Waals surface area contributed by atoms with Gasteiger partial charge in [0.15, 0.2) is 0 Å². The van der Waals surface area contributed by atoms with Crippen LogP contribution in [0.15, 0.2) is 35.1 Å². The molecule has 0 unspecified atom stereocenters. The molecule has 0 saturated carbocycles. The molecule has 3 nitrogen and oxygen atoms in total. The third kappa shape index (κ3) is 1.37. The second-order valence-corrected chi connectivity index (χ2v) is 3.56. The minimum absolute atomic E-state index is 0.297. The molecule has 1 N–H and O–H groups in total. The van der Waals surface area contributed by atoms with E-state index in [4.69, 9.17) is 5.11 Å². The number of pyridine rings is 1. The van der Waals surface area contributed by atoms with E-state index in [0.29, 0.717) is 15.6 Å². The fourth-order valence-electron chi connectivity index (χ4n) is 1.36. The third-order valence-corrected chi connectivity index (χ3v) is 2.62. The van der Waals surface area contributed by atoms with E-state index in [1.807, 2.05) is 6.07 Å². The van der Waals surface area contributed by atoms with Crippen molar-refractivity contribution in [2.45, 2.75) is 0 Å². The molecule has 1 aromatic carbocycles. The second-order valence-electron chi connectivity index (χ2n) is 2.81. The Balaban J connectivity index is 2.88. The Bertz CT molecular complexity index is 510. The summed E-state index contributed by atoms with van der Waals surface area (Å²) in [5, 5.41) is 10.4. The highest BCUT2D eigenvalue weighted by Crippen LogP contribution is 2.24. The molecule has 0 bridgehead atoms. The lowest BCUT2D eigenvalue weighted by molar-refractivity contribution is 0.0699. The average molecular weight is 252 g/mol. The van der Waals surface area contributed by atoms with Gasteiger partial charge in [-0.05, 0) is 28.1 Å². The average Bonchev–Trinajstić information content (AvgIpc) is 2.17. The Morgan fingerprint density at radius 1 is 1.29 bits per heavy atom. The van der Waals surface area contributed by atoms with Gasteiger partial charge < -0.3 is 5.11 Å². The molecule has 0 aliphatic rings. The molecular formula is C10H6BrNO2. The number of benzene rings is 1. The van der Waals surface area contributed by atoms with E-state index in [2.05, 4.69) is 20.9 Å². The van der Waals surface area contributed by atoms with Gasteiger partial charge in [0.05, 0.1) is 5.56 Å². The van der Waals surface area contributed by atoms with Gasteiger partial charge in [0, 0.05) is 17.0 Å². The van der Waals surface area contributed by atoms with E-state index < -0.39 is 5.97 Å². The summed E-state index contributed by atoms with van der Waals surface area (Å²) in [6.45, 7) is 0. The lowest BCUT2D eigenvalue weighted by atomic mass is 10.1. The van der Waals surface area contributed by atoms with Crippen molar-refractivity contribution >= 4 is 32.7 Å². The maximum atomic E-state index is 10.9. The van der Waals surface area contributed by atoms with E-state index >= 15 is 0 Å². The molecule has 0 saturated heterocycles. The summed E-state index contributed by atoms with van der Waals surface area (Å²) in [6, 6.07) is 6.82. The summed E-state index contributed by atoms with van der Waals surface area (Å²) < 4.78 is 0.665. The number of nitrogens with zero attached hydrogens (tertiary/aromatic N) is 1. The van der Waals surface area contributed by atoms with Gasteiger partial charge in [0.25, 0.3) is 0 Å². The van der Waals surface area contributed by atoms with Crippen molar-refractivity contribution in [3.05, 3.63) is 40.6 Å². The molecule has 0 aliphatic heterocycles. The van der Waals surface area contributed by atoms with Crippen molar-refractivity contribution in [2.75, 3.05) is 0 Å². The zero-order valence-electron chi connectivity index (χ0n) is 7.07. The van der Waals surface area contributed by atoms with E-state index in [1.54, 1.807) is 24.4 Å². The molecule has 2 rings (SSSR count). The van der Waals surface area contributed by atoms with Gasteiger partial charge in [-0.15, -0.1) is 0 Å². The fourth-order valence-corrected chi connectivity index (χ4v) is 1.82. The van der Waals surface area contributed by atoms with Crippen molar-refractivity contribution < 1.29 is 9.90 Å². The zero-order chi connectivity index (χ0) is 10.1. The predicted molar refractivity (Wildman–Crippen MR) is 56.4 cm³/mol. The molecule has 2 aromatic rings. The maximum Gasteiger partial charge on any atom is 0.336 e. The van der Waals surface area contributed by atoms with Crippen LogP contribution in [0.4, 0.5) is 0 Å². The zero-order valence-corrected chi connectivity index (χ0v) is 8.65. The molecular weight excluding hydrogens is 246 g/mol. The normalized spacial score (nSPS) is 10.4. The SMILES string of the molecule is O=C(O)c1cccc2c(Br)nccc12. The first-order valence-corrected chi connectivity index (χ1v) is 4.76. The fraction of sp³-hybridized carbons (Fsp3) is 0. The minimum Gasteiger partial charge on any atom is -0.478 e. The molecule has 0 fully saturated rings. The second kappa shape index (κ2) is 3.38.